The first kappa shape index (κ1) is 10.4. The minimum atomic E-state index is -0.247. The molecule has 0 aliphatic carbocycles. The van der Waals surface area contributed by atoms with Crippen molar-refractivity contribution in [2.75, 3.05) is 6.54 Å². The number of pyridine rings is 1. The number of amides is 1. The highest BCUT2D eigenvalue weighted by molar-refractivity contribution is 6.29. The summed E-state index contributed by atoms with van der Waals surface area (Å²) < 4.78 is 0. The second-order valence-corrected chi connectivity index (χ2v) is 4.05. The van der Waals surface area contributed by atoms with Crippen molar-refractivity contribution in [1.82, 2.24) is 9.88 Å². The Kier molecular flexibility index (Phi) is 2.88. The lowest BCUT2D eigenvalue weighted by molar-refractivity contribution is -0.127. The van der Waals surface area contributed by atoms with Crippen LogP contribution < -0.4 is 5.73 Å². The third kappa shape index (κ3) is 2.27. The number of aromatic nitrogens is 1. The summed E-state index contributed by atoms with van der Waals surface area (Å²) in [5.41, 5.74) is 6.30. The van der Waals surface area contributed by atoms with Gasteiger partial charge in [-0.05, 0) is 18.1 Å². The quantitative estimate of drug-likeness (QED) is 0.774. The lowest BCUT2D eigenvalue weighted by Gasteiger charge is -2.38. The summed E-state index contributed by atoms with van der Waals surface area (Å²) >= 11 is 5.68. The highest BCUT2D eigenvalue weighted by atomic mass is 35.5. The maximum Gasteiger partial charge on any atom is 0.234 e. The van der Waals surface area contributed by atoms with Crippen molar-refractivity contribution in [2.24, 2.45) is 5.73 Å². The van der Waals surface area contributed by atoms with Crippen molar-refractivity contribution in [2.45, 2.75) is 19.0 Å². The van der Waals surface area contributed by atoms with E-state index < -0.39 is 0 Å². The van der Waals surface area contributed by atoms with Gasteiger partial charge >= 0.3 is 0 Å². The molecule has 1 aliphatic heterocycles. The number of carbonyl (C=O) groups excluding carboxylic acids is 1. The van der Waals surface area contributed by atoms with Crippen molar-refractivity contribution in [3.63, 3.8) is 0 Å². The van der Waals surface area contributed by atoms with Gasteiger partial charge in [0.25, 0.3) is 0 Å². The van der Waals surface area contributed by atoms with Crippen LogP contribution in [0.2, 0.25) is 5.15 Å². The Morgan fingerprint density at radius 3 is 2.93 bits per heavy atom. The van der Waals surface area contributed by atoms with Crippen LogP contribution in [0, 0.1) is 0 Å². The molecule has 0 radical (unpaired) electrons. The van der Waals surface area contributed by atoms with E-state index in [0.29, 0.717) is 11.7 Å². The molecule has 2 rings (SSSR count). The molecule has 2 N–H and O–H groups in total. The number of halogens is 1. The van der Waals surface area contributed by atoms with Gasteiger partial charge in [0.2, 0.25) is 5.91 Å². The number of nitrogens with zero attached hydrogens (tertiary/aromatic N) is 2. The zero-order valence-corrected chi connectivity index (χ0v) is 8.94. The van der Waals surface area contributed by atoms with Crippen LogP contribution in [0.1, 0.15) is 12.0 Å². The molecule has 1 aromatic heterocycles. The normalized spacial score (nSPS) is 21.0. The third-order valence-electron chi connectivity index (χ3n) is 2.63. The second kappa shape index (κ2) is 4.16. The first-order chi connectivity index (χ1) is 7.16. The van der Waals surface area contributed by atoms with Gasteiger partial charge in [0.1, 0.15) is 5.15 Å². The van der Waals surface area contributed by atoms with E-state index in [0.717, 1.165) is 18.5 Å². The Morgan fingerprint density at radius 1 is 1.67 bits per heavy atom. The number of likely N-dealkylation sites (tertiary alicyclic amines) is 1. The fourth-order valence-corrected chi connectivity index (χ4v) is 1.80. The summed E-state index contributed by atoms with van der Waals surface area (Å²) in [7, 11) is 0. The number of hydrogen-bond acceptors (Lipinski definition) is 3. The van der Waals surface area contributed by atoms with Crippen molar-refractivity contribution < 1.29 is 4.79 Å². The number of hydrogen-bond donors (Lipinski definition) is 1. The number of rotatable bonds is 3. The topological polar surface area (TPSA) is 59.2 Å². The average molecular weight is 226 g/mol. The number of nitrogens with two attached hydrogens (primary N) is 1. The number of carbonyl (C=O) groups is 1. The fourth-order valence-electron chi connectivity index (χ4n) is 1.69. The van der Waals surface area contributed by atoms with Crippen LogP contribution in [0.5, 0.6) is 0 Å². The van der Waals surface area contributed by atoms with Crippen LogP contribution in [-0.4, -0.2) is 28.4 Å². The van der Waals surface area contributed by atoms with Gasteiger partial charge in [-0.25, -0.2) is 4.98 Å². The van der Waals surface area contributed by atoms with E-state index in [4.69, 9.17) is 17.3 Å². The fraction of sp³-hybridized carbons (Fsp3) is 0.400. The van der Waals surface area contributed by atoms with E-state index in [1.54, 1.807) is 12.3 Å². The zero-order chi connectivity index (χ0) is 10.8. The monoisotopic (exact) mass is 225 g/mol. The average Bonchev–Trinajstić information content (AvgIpc) is 2.14. The molecule has 5 heteroatoms. The minimum Gasteiger partial charge on any atom is -0.368 e. The maximum absolute atomic E-state index is 11.0. The molecule has 2 heterocycles. The molecule has 0 spiro atoms. The Morgan fingerprint density at radius 2 is 2.47 bits per heavy atom. The van der Waals surface area contributed by atoms with Crippen LogP contribution in [0.25, 0.3) is 0 Å². The molecule has 1 amide bonds. The highest BCUT2D eigenvalue weighted by Crippen LogP contribution is 2.20. The highest BCUT2D eigenvalue weighted by Gasteiger charge is 2.32. The molecule has 0 bridgehead atoms. The van der Waals surface area contributed by atoms with Gasteiger partial charge in [-0.3, -0.25) is 9.69 Å². The SMILES string of the molecule is NC(=O)C1CCN1Cc1ccc(Cl)nc1. The summed E-state index contributed by atoms with van der Waals surface area (Å²) in [4.78, 5) is 17.0. The first-order valence-electron chi connectivity index (χ1n) is 4.80. The largest absolute Gasteiger partial charge is 0.368 e. The van der Waals surface area contributed by atoms with Gasteiger partial charge in [-0.15, -0.1) is 0 Å². The molecule has 1 atom stereocenters. The second-order valence-electron chi connectivity index (χ2n) is 3.67. The van der Waals surface area contributed by atoms with E-state index >= 15 is 0 Å². The molecular formula is C10H12ClN3O. The lowest BCUT2D eigenvalue weighted by Crippen LogP contribution is -2.54. The smallest absolute Gasteiger partial charge is 0.234 e. The molecule has 0 aromatic carbocycles. The van der Waals surface area contributed by atoms with Crippen molar-refractivity contribution >= 4 is 17.5 Å². The third-order valence-corrected chi connectivity index (χ3v) is 2.86. The standard InChI is InChI=1S/C10H12ClN3O/c11-9-2-1-7(5-13-9)6-14-4-3-8(14)10(12)15/h1-2,5,8H,3-4,6H2,(H2,12,15). The van der Waals surface area contributed by atoms with Gasteiger partial charge in [0.05, 0.1) is 6.04 Å². The number of primary amides is 1. The van der Waals surface area contributed by atoms with Crippen LogP contribution in [-0.2, 0) is 11.3 Å². The van der Waals surface area contributed by atoms with Crippen LogP contribution >= 0.6 is 11.6 Å². The Balaban J connectivity index is 1.97. The summed E-state index contributed by atoms with van der Waals surface area (Å²) in [6, 6.07) is 3.54. The molecule has 1 aromatic rings. The van der Waals surface area contributed by atoms with E-state index in [1.807, 2.05) is 11.0 Å². The summed E-state index contributed by atoms with van der Waals surface area (Å²) in [5, 5.41) is 0.480. The maximum atomic E-state index is 11.0. The zero-order valence-electron chi connectivity index (χ0n) is 8.19. The molecule has 0 saturated carbocycles. The molecule has 1 aliphatic rings. The van der Waals surface area contributed by atoms with Crippen LogP contribution in [0.3, 0.4) is 0 Å². The van der Waals surface area contributed by atoms with E-state index in [2.05, 4.69) is 4.98 Å². The Hall–Kier alpha value is -1.13. The van der Waals surface area contributed by atoms with Gasteiger partial charge in [0, 0.05) is 19.3 Å². The Bertz CT molecular complexity index is 365. The van der Waals surface area contributed by atoms with Gasteiger partial charge in [0.15, 0.2) is 0 Å². The molecule has 80 valence electrons. The molecule has 4 nitrogen and oxygen atoms in total. The van der Waals surface area contributed by atoms with Gasteiger partial charge < -0.3 is 5.73 Å². The molecule has 1 unspecified atom stereocenters. The Labute approximate surface area is 93.0 Å². The van der Waals surface area contributed by atoms with Crippen LogP contribution in [0.15, 0.2) is 18.3 Å². The molecule has 1 saturated heterocycles. The summed E-state index contributed by atoms with van der Waals surface area (Å²) in [6.45, 7) is 1.62. The van der Waals surface area contributed by atoms with Crippen LogP contribution in [0.4, 0.5) is 0 Å². The van der Waals surface area contributed by atoms with Crippen molar-refractivity contribution in [1.29, 1.82) is 0 Å². The first-order valence-corrected chi connectivity index (χ1v) is 5.18. The molecular weight excluding hydrogens is 214 g/mol. The van der Waals surface area contributed by atoms with Crippen molar-refractivity contribution in [3.8, 4) is 0 Å². The van der Waals surface area contributed by atoms with Crippen molar-refractivity contribution in [3.05, 3.63) is 29.0 Å². The predicted octanol–water partition coefficient (Wildman–Crippen LogP) is 0.795. The predicted molar refractivity (Wildman–Crippen MR) is 57.3 cm³/mol. The minimum absolute atomic E-state index is 0.110. The van der Waals surface area contributed by atoms with E-state index in [1.165, 1.54) is 0 Å². The van der Waals surface area contributed by atoms with E-state index in [9.17, 15) is 4.79 Å². The summed E-state index contributed by atoms with van der Waals surface area (Å²) in [6.07, 6.45) is 2.58. The molecule has 15 heavy (non-hydrogen) atoms. The van der Waals surface area contributed by atoms with Gasteiger partial charge in [-0.1, -0.05) is 17.7 Å². The van der Waals surface area contributed by atoms with E-state index in [-0.39, 0.29) is 11.9 Å². The van der Waals surface area contributed by atoms with Gasteiger partial charge in [-0.2, -0.15) is 0 Å². The lowest BCUT2D eigenvalue weighted by atomic mass is 10.0. The summed E-state index contributed by atoms with van der Waals surface area (Å²) in [5.74, 6) is -0.247. The molecule has 1 fully saturated rings.